The maximum atomic E-state index is 12.2. The summed E-state index contributed by atoms with van der Waals surface area (Å²) >= 11 is 1.20. The van der Waals surface area contributed by atoms with E-state index >= 15 is 0 Å². The normalized spacial score (nSPS) is 20.0. The number of aromatic nitrogens is 1. The molecule has 0 bridgehead atoms. The van der Waals surface area contributed by atoms with Crippen molar-refractivity contribution in [3.05, 3.63) is 35.3 Å². The van der Waals surface area contributed by atoms with Gasteiger partial charge in [0.25, 0.3) is 10.0 Å². The van der Waals surface area contributed by atoms with Crippen LogP contribution in [0.2, 0.25) is 0 Å². The molecule has 1 unspecified atom stereocenters. The standard InChI is InChI=1S/C14H17N3O4S3/c1-10-2-5-14(22-10)24(20,21)17-11-3-4-13(15-8-11)16-12-6-7-23(18,19)9-12/h2-5,8,12,17H,6-7,9H2,1H3,(H,15,16). The molecule has 7 nitrogen and oxygen atoms in total. The van der Waals surface area contributed by atoms with Crippen LogP contribution in [0.15, 0.2) is 34.7 Å². The maximum Gasteiger partial charge on any atom is 0.271 e. The Bertz CT molecular complexity index is 934. The Kier molecular flexibility index (Phi) is 4.54. The van der Waals surface area contributed by atoms with Crippen LogP contribution in [0.3, 0.4) is 0 Å². The Hall–Kier alpha value is -1.65. The molecule has 2 aromatic rings. The number of sulfonamides is 1. The number of aryl methyl sites for hydroxylation is 1. The molecule has 3 heterocycles. The number of nitrogens with zero attached hydrogens (tertiary/aromatic N) is 1. The van der Waals surface area contributed by atoms with E-state index in [1.807, 2.05) is 6.92 Å². The first-order chi connectivity index (χ1) is 11.2. The van der Waals surface area contributed by atoms with Gasteiger partial charge in [0.15, 0.2) is 9.84 Å². The minimum absolute atomic E-state index is 0.0980. The molecule has 3 rings (SSSR count). The van der Waals surface area contributed by atoms with E-state index in [1.54, 1.807) is 24.3 Å². The van der Waals surface area contributed by atoms with Crippen LogP contribution in [0.1, 0.15) is 11.3 Å². The SMILES string of the molecule is Cc1ccc(S(=O)(=O)Nc2ccc(NC3CCS(=O)(=O)C3)nc2)s1. The quantitative estimate of drug-likeness (QED) is 0.811. The lowest BCUT2D eigenvalue weighted by molar-refractivity contribution is 0.600. The lowest BCUT2D eigenvalue weighted by Crippen LogP contribution is -2.21. The molecule has 1 saturated heterocycles. The van der Waals surface area contributed by atoms with Gasteiger partial charge in [-0.25, -0.2) is 21.8 Å². The number of hydrogen-bond acceptors (Lipinski definition) is 7. The summed E-state index contributed by atoms with van der Waals surface area (Å²) in [4.78, 5) is 5.06. The first-order valence-corrected chi connectivity index (χ1v) is 11.4. The molecular formula is C14H17N3O4S3. The largest absolute Gasteiger partial charge is 0.366 e. The molecule has 0 aliphatic carbocycles. The zero-order chi connectivity index (χ0) is 17.4. The van der Waals surface area contributed by atoms with Crippen molar-refractivity contribution >= 4 is 42.7 Å². The number of anilines is 2. The van der Waals surface area contributed by atoms with Gasteiger partial charge in [0, 0.05) is 10.9 Å². The number of sulfone groups is 1. The molecule has 1 atom stereocenters. The smallest absolute Gasteiger partial charge is 0.271 e. The fourth-order valence-corrected chi connectivity index (χ4v) is 6.42. The van der Waals surface area contributed by atoms with E-state index in [0.717, 1.165) is 4.88 Å². The highest BCUT2D eigenvalue weighted by molar-refractivity contribution is 7.94. The van der Waals surface area contributed by atoms with E-state index in [-0.39, 0.29) is 21.8 Å². The topological polar surface area (TPSA) is 105 Å². The van der Waals surface area contributed by atoms with Crippen LogP contribution in [0.4, 0.5) is 11.5 Å². The molecule has 2 aromatic heterocycles. The van der Waals surface area contributed by atoms with Crippen LogP contribution < -0.4 is 10.0 Å². The van der Waals surface area contributed by atoms with Crippen molar-refractivity contribution < 1.29 is 16.8 Å². The van der Waals surface area contributed by atoms with Gasteiger partial charge >= 0.3 is 0 Å². The summed E-state index contributed by atoms with van der Waals surface area (Å²) in [6.07, 6.45) is 1.96. The van der Waals surface area contributed by atoms with Gasteiger partial charge in [-0.15, -0.1) is 11.3 Å². The molecule has 0 spiro atoms. The van der Waals surface area contributed by atoms with Crippen LogP contribution in [0.25, 0.3) is 0 Å². The van der Waals surface area contributed by atoms with Gasteiger partial charge in [-0.2, -0.15) is 0 Å². The van der Waals surface area contributed by atoms with E-state index in [2.05, 4.69) is 15.0 Å². The average molecular weight is 388 g/mol. The second-order valence-corrected chi connectivity index (χ2v) is 11.1. The number of rotatable bonds is 5. The molecule has 130 valence electrons. The van der Waals surface area contributed by atoms with E-state index in [0.29, 0.717) is 17.9 Å². The van der Waals surface area contributed by atoms with Gasteiger partial charge in [0.05, 0.1) is 23.4 Å². The summed E-state index contributed by atoms with van der Waals surface area (Å²) in [6.45, 7) is 1.84. The van der Waals surface area contributed by atoms with Gasteiger partial charge in [-0.05, 0) is 37.6 Å². The Morgan fingerprint density at radius 3 is 2.58 bits per heavy atom. The molecule has 0 saturated carbocycles. The molecule has 0 amide bonds. The van der Waals surface area contributed by atoms with Crippen LogP contribution in [-0.2, 0) is 19.9 Å². The van der Waals surface area contributed by atoms with E-state index in [4.69, 9.17) is 0 Å². The molecule has 1 aliphatic rings. The highest BCUT2D eigenvalue weighted by Gasteiger charge is 2.27. The number of pyridine rings is 1. The van der Waals surface area contributed by atoms with E-state index in [9.17, 15) is 16.8 Å². The van der Waals surface area contributed by atoms with Gasteiger partial charge in [0.1, 0.15) is 10.0 Å². The number of nitrogens with one attached hydrogen (secondary N) is 2. The molecule has 0 radical (unpaired) electrons. The third kappa shape index (κ3) is 4.05. The van der Waals surface area contributed by atoms with Gasteiger partial charge in [-0.3, -0.25) is 4.72 Å². The van der Waals surface area contributed by atoms with Crippen molar-refractivity contribution in [2.75, 3.05) is 21.5 Å². The van der Waals surface area contributed by atoms with Gasteiger partial charge < -0.3 is 5.32 Å². The highest BCUT2D eigenvalue weighted by Crippen LogP contribution is 2.24. The van der Waals surface area contributed by atoms with E-state index in [1.165, 1.54) is 17.5 Å². The molecular weight excluding hydrogens is 370 g/mol. The van der Waals surface area contributed by atoms with Crippen molar-refractivity contribution in [3.8, 4) is 0 Å². The zero-order valence-electron chi connectivity index (χ0n) is 12.9. The summed E-state index contributed by atoms with van der Waals surface area (Å²) in [5, 5.41) is 3.06. The second-order valence-electron chi connectivity index (χ2n) is 5.65. The molecule has 10 heteroatoms. The Morgan fingerprint density at radius 1 is 1.25 bits per heavy atom. The maximum absolute atomic E-state index is 12.2. The van der Waals surface area contributed by atoms with Crippen LogP contribution >= 0.6 is 11.3 Å². The van der Waals surface area contributed by atoms with Crippen LogP contribution in [-0.4, -0.2) is 39.4 Å². The fraction of sp³-hybridized carbons (Fsp3) is 0.357. The summed E-state index contributed by atoms with van der Waals surface area (Å²) in [6, 6.07) is 6.38. The van der Waals surface area contributed by atoms with Crippen LogP contribution in [0.5, 0.6) is 0 Å². The lowest BCUT2D eigenvalue weighted by atomic mass is 10.2. The highest BCUT2D eigenvalue weighted by atomic mass is 32.2. The summed E-state index contributed by atoms with van der Waals surface area (Å²) in [5.41, 5.74) is 0.352. The number of hydrogen-bond donors (Lipinski definition) is 2. The predicted molar refractivity (Wildman–Crippen MR) is 94.8 cm³/mol. The second kappa shape index (κ2) is 6.34. The molecule has 24 heavy (non-hydrogen) atoms. The monoisotopic (exact) mass is 387 g/mol. The number of thiophene rings is 1. The van der Waals surface area contributed by atoms with Crippen molar-refractivity contribution in [1.82, 2.24) is 4.98 Å². The average Bonchev–Trinajstić information content (AvgIpc) is 3.07. The van der Waals surface area contributed by atoms with Crippen molar-refractivity contribution in [3.63, 3.8) is 0 Å². The summed E-state index contributed by atoms with van der Waals surface area (Å²) in [5.74, 6) is 0.802. The summed E-state index contributed by atoms with van der Waals surface area (Å²) < 4.78 is 50.1. The lowest BCUT2D eigenvalue weighted by Gasteiger charge is -2.12. The van der Waals surface area contributed by atoms with Gasteiger partial charge in [-0.1, -0.05) is 0 Å². The minimum atomic E-state index is -3.61. The third-order valence-electron chi connectivity index (χ3n) is 3.58. The van der Waals surface area contributed by atoms with Crippen molar-refractivity contribution in [2.24, 2.45) is 0 Å². The fourth-order valence-electron chi connectivity index (χ4n) is 2.42. The Morgan fingerprint density at radius 2 is 2.04 bits per heavy atom. The molecule has 1 aliphatic heterocycles. The first-order valence-electron chi connectivity index (χ1n) is 7.26. The van der Waals surface area contributed by atoms with E-state index < -0.39 is 19.9 Å². The Labute approximate surface area is 145 Å². The minimum Gasteiger partial charge on any atom is -0.366 e. The molecule has 0 aromatic carbocycles. The van der Waals surface area contributed by atoms with Crippen molar-refractivity contribution in [2.45, 2.75) is 23.6 Å². The Balaban J connectivity index is 1.66. The first kappa shape index (κ1) is 17.2. The zero-order valence-corrected chi connectivity index (χ0v) is 15.3. The predicted octanol–water partition coefficient (Wildman–Crippen LogP) is 1.85. The summed E-state index contributed by atoms with van der Waals surface area (Å²) in [7, 11) is -6.57. The van der Waals surface area contributed by atoms with Crippen LogP contribution in [0, 0.1) is 6.92 Å². The molecule has 2 N–H and O–H groups in total. The van der Waals surface area contributed by atoms with Crippen molar-refractivity contribution in [1.29, 1.82) is 0 Å². The molecule has 1 fully saturated rings. The third-order valence-corrected chi connectivity index (χ3v) is 8.22. The van der Waals surface area contributed by atoms with Gasteiger partial charge in [0.2, 0.25) is 0 Å².